The van der Waals surface area contributed by atoms with Gasteiger partial charge in [0.25, 0.3) is 5.91 Å². The van der Waals surface area contributed by atoms with Crippen molar-refractivity contribution < 1.29 is 9.53 Å². The number of amidine groups is 1. The number of likely N-dealkylation sites (N-methyl/N-ethyl adjacent to an activating group) is 1. The number of rotatable bonds is 5. The van der Waals surface area contributed by atoms with Gasteiger partial charge in [0.05, 0.1) is 28.4 Å². The number of amides is 1. The minimum Gasteiger partial charge on any atom is -0.497 e. The summed E-state index contributed by atoms with van der Waals surface area (Å²) in [5.74, 6) is 0.706. The maximum atomic E-state index is 13.1. The molecule has 0 N–H and O–H groups in total. The first-order valence-electron chi connectivity index (χ1n) is 10.4. The fourth-order valence-corrected chi connectivity index (χ4v) is 5.16. The largest absolute Gasteiger partial charge is 0.497 e. The maximum Gasteiger partial charge on any atom is 0.266 e. The van der Waals surface area contributed by atoms with Crippen molar-refractivity contribution >= 4 is 57.8 Å². The van der Waals surface area contributed by atoms with Crippen LogP contribution in [0.25, 0.3) is 11.8 Å². The second-order valence-electron chi connectivity index (χ2n) is 7.51. The molecule has 2 heterocycles. The van der Waals surface area contributed by atoms with Gasteiger partial charge in [-0.05, 0) is 92.7 Å². The molecule has 0 spiro atoms. The molecule has 1 amide bonds. The normalized spacial score (nSPS) is 16.3. The van der Waals surface area contributed by atoms with Crippen LogP contribution in [0.2, 0.25) is 10.0 Å². The molecule has 5 nitrogen and oxygen atoms in total. The Bertz CT molecular complexity index is 1280. The number of aliphatic imine (C=N–C) groups is 1. The molecule has 3 aromatic rings. The number of carbonyl (C=O) groups excluding carboxylic acids is 1. The summed E-state index contributed by atoms with van der Waals surface area (Å²) < 4.78 is 7.26. The van der Waals surface area contributed by atoms with E-state index in [4.69, 9.17) is 32.9 Å². The zero-order chi connectivity index (χ0) is 23.7. The zero-order valence-corrected chi connectivity index (χ0v) is 21.1. The number of benzene rings is 2. The highest BCUT2D eigenvalue weighted by Gasteiger charge is 2.32. The van der Waals surface area contributed by atoms with Gasteiger partial charge in [0.2, 0.25) is 0 Å². The van der Waals surface area contributed by atoms with Crippen LogP contribution in [0.5, 0.6) is 5.75 Å². The van der Waals surface area contributed by atoms with Crippen LogP contribution < -0.4 is 4.74 Å². The van der Waals surface area contributed by atoms with Crippen LogP contribution in [0.4, 0.5) is 5.69 Å². The maximum absolute atomic E-state index is 13.1. The third-order valence-electron chi connectivity index (χ3n) is 5.41. The van der Waals surface area contributed by atoms with Crippen molar-refractivity contribution in [2.75, 3.05) is 13.7 Å². The number of halogens is 2. The summed E-state index contributed by atoms with van der Waals surface area (Å²) in [4.78, 5) is 20.1. The summed E-state index contributed by atoms with van der Waals surface area (Å²) >= 11 is 14.0. The Morgan fingerprint density at radius 3 is 2.48 bits per heavy atom. The van der Waals surface area contributed by atoms with Gasteiger partial charge in [-0.1, -0.05) is 23.2 Å². The third-order valence-corrected chi connectivity index (χ3v) is 6.97. The minimum absolute atomic E-state index is 0.0552. The van der Waals surface area contributed by atoms with Gasteiger partial charge < -0.3 is 9.30 Å². The molecule has 2 aromatic carbocycles. The number of ether oxygens (including phenoxy) is 1. The topological polar surface area (TPSA) is 46.8 Å². The number of carbonyl (C=O) groups is 1. The number of aryl methyl sites for hydroxylation is 1. The molecule has 170 valence electrons. The van der Waals surface area contributed by atoms with Crippen molar-refractivity contribution in [3.63, 3.8) is 0 Å². The minimum atomic E-state index is -0.0552. The lowest BCUT2D eigenvalue weighted by Gasteiger charge is -2.12. The van der Waals surface area contributed by atoms with Crippen molar-refractivity contribution in [3.8, 4) is 11.4 Å². The fraction of sp³-hybridized carbons (Fsp3) is 0.200. The molecule has 1 saturated heterocycles. The fourth-order valence-electron chi connectivity index (χ4n) is 3.74. The van der Waals surface area contributed by atoms with E-state index < -0.39 is 0 Å². The lowest BCUT2D eigenvalue weighted by molar-refractivity contribution is -0.122. The lowest BCUT2D eigenvalue weighted by atomic mass is 10.2. The summed E-state index contributed by atoms with van der Waals surface area (Å²) in [5, 5.41) is 1.88. The van der Waals surface area contributed by atoms with E-state index in [1.807, 2.05) is 63.2 Å². The van der Waals surface area contributed by atoms with Crippen LogP contribution in [0.15, 0.2) is 58.4 Å². The summed E-state index contributed by atoms with van der Waals surface area (Å²) in [5.41, 5.74) is 4.49. The van der Waals surface area contributed by atoms with Crippen LogP contribution in [0.1, 0.15) is 23.9 Å². The van der Waals surface area contributed by atoms with Crippen LogP contribution in [0, 0.1) is 13.8 Å². The van der Waals surface area contributed by atoms with Gasteiger partial charge >= 0.3 is 0 Å². The van der Waals surface area contributed by atoms with Crippen molar-refractivity contribution in [1.82, 2.24) is 9.47 Å². The highest BCUT2D eigenvalue weighted by Crippen LogP contribution is 2.36. The Balaban J connectivity index is 1.70. The molecule has 0 aliphatic carbocycles. The molecule has 0 atom stereocenters. The number of aromatic nitrogens is 1. The Morgan fingerprint density at radius 1 is 1.09 bits per heavy atom. The molecular formula is C25H23Cl2N3O2S. The van der Waals surface area contributed by atoms with Gasteiger partial charge in [0.15, 0.2) is 5.17 Å². The predicted octanol–water partition coefficient (Wildman–Crippen LogP) is 7.03. The first-order valence-corrected chi connectivity index (χ1v) is 12.0. The Hall–Kier alpha value is -2.67. The highest BCUT2D eigenvalue weighted by molar-refractivity contribution is 8.18. The van der Waals surface area contributed by atoms with Crippen molar-refractivity contribution in [1.29, 1.82) is 0 Å². The highest BCUT2D eigenvalue weighted by atomic mass is 35.5. The molecular weight excluding hydrogens is 477 g/mol. The summed E-state index contributed by atoms with van der Waals surface area (Å²) in [6.45, 7) is 6.49. The molecule has 33 heavy (non-hydrogen) atoms. The number of methoxy groups -OCH3 is 1. The number of nitrogens with zero attached hydrogens (tertiary/aromatic N) is 3. The molecule has 1 aromatic heterocycles. The smallest absolute Gasteiger partial charge is 0.266 e. The molecule has 1 aliphatic rings. The van der Waals surface area contributed by atoms with E-state index in [-0.39, 0.29) is 5.91 Å². The molecule has 8 heteroatoms. The molecule has 0 saturated carbocycles. The molecule has 1 fully saturated rings. The number of thioether (sulfide) groups is 1. The molecule has 1 aliphatic heterocycles. The Labute approximate surface area is 207 Å². The van der Waals surface area contributed by atoms with Gasteiger partial charge in [-0.25, -0.2) is 4.99 Å². The van der Waals surface area contributed by atoms with E-state index >= 15 is 0 Å². The standard InChI is InChI=1S/C25H23Cl2N3O2S/c1-5-29-24(31)23(33-25(29)28-19-7-9-20(32-4)10-8-19)13-17-12-15(2)30(16(17)3)22-14-18(26)6-11-21(22)27/h6-14H,5H2,1-4H3/b23-13+,28-25?. The van der Waals surface area contributed by atoms with E-state index in [1.54, 1.807) is 24.1 Å². The second kappa shape index (κ2) is 9.67. The summed E-state index contributed by atoms with van der Waals surface area (Å²) in [7, 11) is 1.62. The monoisotopic (exact) mass is 499 g/mol. The van der Waals surface area contributed by atoms with Gasteiger partial charge in [0, 0.05) is 23.0 Å². The first kappa shape index (κ1) is 23.5. The average Bonchev–Trinajstić information content (AvgIpc) is 3.25. The van der Waals surface area contributed by atoms with E-state index in [0.717, 1.165) is 34.1 Å². The molecule has 0 radical (unpaired) electrons. The van der Waals surface area contributed by atoms with Crippen molar-refractivity contribution in [3.05, 3.63) is 80.4 Å². The van der Waals surface area contributed by atoms with Gasteiger partial charge in [-0.2, -0.15) is 0 Å². The zero-order valence-electron chi connectivity index (χ0n) is 18.7. The van der Waals surface area contributed by atoms with Crippen LogP contribution in [-0.2, 0) is 4.79 Å². The average molecular weight is 500 g/mol. The van der Waals surface area contributed by atoms with E-state index in [1.165, 1.54) is 11.8 Å². The molecule has 0 bridgehead atoms. The van der Waals surface area contributed by atoms with Crippen LogP contribution in [-0.4, -0.2) is 34.2 Å². The van der Waals surface area contributed by atoms with Gasteiger partial charge in [0.1, 0.15) is 5.75 Å². The van der Waals surface area contributed by atoms with Gasteiger partial charge in [-0.15, -0.1) is 0 Å². The summed E-state index contributed by atoms with van der Waals surface area (Å²) in [6, 6.07) is 14.9. The van der Waals surface area contributed by atoms with Crippen molar-refractivity contribution in [2.45, 2.75) is 20.8 Å². The summed E-state index contributed by atoms with van der Waals surface area (Å²) in [6.07, 6.45) is 1.92. The van der Waals surface area contributed by atoms with E-state index in [9.17, 15) is 4.79 Å². The van der Waals surface area contributed by atoms with Crippen LogP contribution >= 0.6 is 35.0 Å². The number of hydrogen-bond acceptors (Lipinski definition) is 4. The van der Waals surface area contributed by atoms with Crippen LogP contribution in [0.3, 0.4) is 0 Å². The van der Waals surface area contributed by atoms with E-state index in [2.05, 4.69) is 4.57 Å². The molecule has 4 rings (SSSR count). The van der Waals surface area contributed by atoms with E-state index in [0.29, 0.717) is 26.7 Å². The Morgan fingerprint density at radius 2 is 1.82 bits per heavy atom. The second-order valence-corrected chi connectivity index (χ2v) is 9.36. The molecule has 0 unspecified atom stereocenters. The van der Waals surface area contributed by atoms with Gasteiger partial charge in [-0.3, -0.25) is 9.69 Å². The quantitative estimate of drug-likeness (QED) is 0.353. The SMILES string of the molecule is CCN1C(=O)/C(=C\c2cc(C)n(-c3cc(Cl)ccc3Cl)c2C)SC1=Nc1ccc(OC)cc1. The third kappa shape index (κ3) is 4.69. The first-order chi connectivity index (χ1) is 15.8. The predicted molar refractivity (Wildman–Crippen MR) is 138 cm³/mol. The Kier molecular flexibility index (Phi) is 6.88. The lowest BCUT2D eigenvalue weighted by Crippen LogP contribution is -2.28. The number of hydrogen-bond donors (Lipinski definition) is 0. The van der Waals surface area contributed by atoms with Crippen molar-refractivity contribution in [2.24, 2.45) is 4.99 Å².